The van der Waals surface area contributed by atoms with Gasteiger partial charge in [-0.25, -0.2) is 13.1 Å². The second-order valence-corrected chi connectivity index (χ2v) is 6.15. The molecule has 0 fully saturated rings. The van der Waals surface area contributed by atoms with Gasteiger partial charge in [0.05, 0.1) is 5.75 Å². The molecular weight excluding hydrogens is 218 g/mol. The third-order valence-corrected chi connectivity index (χ3v) is 3.51. The number of hydrogen-bond donors (Lipinski definition) is 2. The number of hydrogen-bond acceptors (Lipinski definition) is 3. The maximum absolute atomic E-state index is 11.5. The normalized spacial score (nSPS) is 14.5. The summed E-state index contributed by atoms with van der Waals surface area (Å²) >= 11 is 0. The number of carbonyl (C=O) groups is 1. The maximum atomic E-state index is 11.5. The van der Waals surface area contributed by atoms with E-state index in [1.165, 1.54) is 0 Å². The van der Waals surface area contributed by atoms with Gasteiger partial charge < -0.3 is 5.11 Å². The molecule has 0 aromatic heterocycles. The van der Waals surface area contributed by atoms with Crippen LogP contribution in [0.4, 0.5) is 0 Å². The van der Waals surface area contributed by atoms with Crippen LogP contribution in [-0.2, 0) is 14.8 Å². The van der Waals surface area contributed by atoms with Gasteiger partial charge in [-0.2, -0.15) is 0 Å². The number of carboxylic acids is 1. The molecule has 0 aromatic rings. The standard InChI is InChI=1S/C9H19NO4S/c1-6(2)5-15(13,14)10-8(7(3)4)9(11)12/h6-8,10H,5H2,1-4H3,(H,11,12)/t8-/m0/s1. The molecule has 0 amide bonds. The lowest BCUT2D eigenvalue weighted by atomic mass is 10.1. The number of sulfonamides is 1. The molecule has 0 saturated heterocycles. The average molecular weight is 237 g/mol. The van der Waals surface area contributed by atoms with Crippen LogP contribution in [-0.4, -0.2) is 31.3 Å². The lowest BCUT2D eigenvalue weighted by Gasteiger charge is -2.18. The minimum absolute atomic E-state index is 0.0240. The van der Waals surface area contributed by atoms with E-state index in [0.717, 1.165) is 0 Å². The first-order valence-electron chi connectivity index (χ1n) is 4.88. The van der Waals surface area contributed by atoms with E-state index in [-0.39, 0.29) is 17.6 Å². The molecule has 90 valence electrons. The highest BCUT2D eigenvalue weighted by Crippen LogP contribution is 2.06. The fourth-order valence-electron chi connectivity index (χ4n) is 1.15. The first-order chi connectivity index (χ1) is 6.65. The van der Waals surface area contributed by atoms with Crippen LogP contribution in [0.5, 0.6) is 0 Å². The average Bonchev–Trinajstić information content (AvgIpc) is 1.96. The highest BCUT2D eigenvalue weighted by atomic mass is 32.2. The van der Waals surface area contributed by atoms with Gasteiger partial charge in [0, 0.05) is 0 Å². The second kappa shape index (κ2) is 5.46. The van der Waals surface area contributed by atoms with Crippen LogP contribution in [0.25, 0.3) is 0 Å². The topological polar surface area (TPSA) is 83.5 Å². The van der Waals surface area contributed by atoms with E-state index in [0.29, 0.717) is 0 Å². The largest absolute Gasteiger partial charge is 0.480 e. The SMILES string of the molecule is CC(C)CS(=O)(=O)N[C@H](C(=O)O)C(C)C. The summed E-state index contributed by atoms with van der Waals surface area (Å²) in [6.07, 6.45) is 0. The van der Waals surface area contributed by atoms with Crippen LogP contribution < -0.4 is 4.72 Å². The quantitative estimate of drug-likeness (QED) is 0.711. The van der Waals surface area contributed by atoms with Gasteiger partial charge in [0.2, 0.25) is 10.0 Å². The van der Waals surface area contributed by atoms with Crippen LogP contribution in [0.3, 0.4) is 0 Å². The van der Waals surface area contributed by atoms with E-state index in [4.69, 9.17) is 5.11 Å². The Morgan fingerprint density at radius 3 is 2.00 bits per heavy atom. The minimum Gasteiger partial charge on any atom is -0.480 e. The van der Waals surface area contributed by atoms with Crippen molar-refractivity contribution in [3.05, 3.63) is 0 Å². The van der Waals surface area contributed by atoms with Crippen molar-refractivity contribution >= 4 is 16.0 Å². The Hall–Kier alpha value is -0.620. The zero-order valence-corrected chi connectivity index (χ0v) is 10.3. The van der Waals surface area contributed by atoms with E-state index in [1.807, 2.05) is 0 Å². The molecule has 0 spiro atoms. The van der Waals surface area contributed by atoms with E-state index >= 15 is 0 Å². The molecule has 6 heteroatoms. The zero-order chi connectivity index (χ0) is 12.2. The monoisotopic (exact) mass is 237 g/mol. The maximum Gasteiger partial charge on any atom is 0.321 e. The summed E-state index contributed by atoms with van der Waals surface area (Å²) < 4.78 is 25.2. The van der Waals surface area contributed by atoms with Crippen LogP contribution in [0, 0.1) is 11.8 Å². The molecule has 0 heterocycles. The lowest BCUT2D eigenvalue weighted by molar-refractivity contribution is -0.140. The fourth-order valence-corrected chi connectivity index (χ4v) is 2.89. The molecule has 0 bridgehead atoms. The van der Waals surface area contributed by atoms with Crippen LogP contribution in [0.15, 0.2) is 0 Å². The van der Waals surface area contributed by atoms with Gasteiger partial charge in [0.15, 0.2) is 0 Å². The predicted octanol–water partition coefficient (Wildman–Crippen LogP) is 0.671. The second-order valence-electron chi connectivity index (χ2n) is 4.35. The lowest BCUT2D eigenvalue weighted by Crippen LogP contribution is -2.45. The Kier molecular flexibility index (Phi) is 5.23. The van der Waals surface area contributed by atoms with E-state index in [9.17, 15) is 13.2 Å². The summed E-state index contributed by atoms with van der Waals surface area (Å²) in [5.41, 5.74) is 0. The summed E-state index contributed by atoms with van der Waals surface area (Å²) in [7, 11) is -3.50. The highest BCUT2D eigenvalue weighted by molar-refractivity contribution is 7.89. The van der Waals surface area contributed by atoms with Crippen molar-refractivity contribution in [3.63, 3.8) is 0 Å². The Morgan fingerprint density at radius 1 is 1.27 bits per heavy atom. The summed E-state index contributed by atoms with van der Waals surface area (Å²) in [6.45, 7) is 6.86. The van der Waals surface area contributed by atoms with E-state index in [1.54, 1.807) is 27.7 Å². The Balaban J connectivity index is 4.61. The molecule has 0 saturated carbocycles. The molecule has 0 radical (unpaired) electrons. The van der Waals surface area contributed by atoms with Crippen molar-refractivity contribution in [1.82, 2.24) is 4.72 Å². The molecule has 0 aliphatic rings. The van der Waals surface area contributed by atoms with Gasteiger partial charge in [0.1, 0.15) is 6.04 Å². The third-order valence-electron chi connectivity index (χ3n) is 1.79. The molecule has 0 unspecified atom stereocenters. The molecule has 0 aliphatic carbocycles. The van der Waals surface area contributed by atoms with Crippen LogP contribution in [0.2, 0.25) is 0 Å². The molecule has 0 rings (SSSR count). The Labute approximate surface area is 90.9 Å². The summed E-state index contributed by atoms with van der Waals surface area (Å²) in [4.78, 5) is 10.8. The van der Waals surface area contributed by atoms with Crippen LogP contribution in [0.1, 0.15) is 27.7 Å². The van der Waals surface area contributed by atoms with Gasteiger partial charge in [-0.05, 0) is 11.8 Å². The first kappa shape index (κ1) is 14.4. The highest BCUT2D eigenvalue weighted by Gasteiger charge is 2.27. The molecule has 1 atom stereocenters. The van der Waals surface area contributed by atoms with Gasteiger partial charge >= 0.3 is 5.97 Å². The van der Waals surface area contributed by atoms with Crippen molar-refractivity contribution in [2.24, 2.45) is 11.8 Å². The van der Waals surface area contributed by atoms with Crippen molar-refractivity contribution in [3.8, 4) is 0 Å². The number of carboxylic acid groups (broad SMARTS) is 1. The summed E-state index contributed by atoms with van der Waals surface area (Å²) in [5.74, 6) is -1.49. The van der Waals surface area contributed by atoms with Gasteiger partial charge in [0.25, 0.3) is 0 Å². The van der Waals surface area contributed by atoms with Crippen molar-refractivity contribution < 1.29 is 18.3 Å². The van der Waals surface area contributed by atoms with Crippen molar-refractivity contribution in [2.75, 3.05) is 5.75 Å². The van der Waals surface area contributed by atoms with E-state index < -0.39 is 22.0 Å². The summed E-state index contributed by atoms with van der Waals surface area (Å²) in [6, 6.07) is -1.05. The number of nitrogens with one attached hydrogen (secondary N) is 1. The van der Waals surface area contributed by atoms with Crippen LogP contribution >= 0.6 is 0 Å². The van der Waals surface area contributed by atoms with Crippen molar-refractivity contribution in [2.45, 2.75) is 33.7 Å². The Bertz CT molecular complexity index is 308. The number of aliphatic carboxylic acids is 1. The fraction of sp³-hybridized carbons (Fsp3) is 0.889. The molecule has 5 nitrogen and oxygen atoms in total. The van der Waals surface area contributed by atoms with E-state index in [2.05, 4.69) is 4.72 Å². The molecule has 0 aromatic carbocycles. The van der Waals surface area contributed by atoms with Gasteiger partial charge in [-0.1, -0.05) is 27.7 Å². The number of rotatable bonds is 6. The third kappa shape index (κ3) is 5.74. The first-order valence-corrected chi connectivity index (χ1v) is 6.53. The summed E-state index contributed by atoms with van der Waals surface area (Å²) in [5, 5.41) is 8.81. The zero-order valence-electron chi connectivity index (χ0n) is 9.52. The van der Waals surface area contributed by atoms with Gasteiger partial charge in [-0.3, -0.25) is 4.79 Å². The predicted molar refractivity (Wildman–Crippen MR) is 58.0 cm³/mol. The molecule has 2 N–H and O–H groups in total. The Morgan fingerprint density at radius 2 is 1.73 bits per heavy atom. The van der Waals surface area contributed by atoms with Crippen molar-refractivity contribution in [1.29, 1.82) is 0 Å². The smallest absolute Gasteiger partial charge is 0.321 e. The van der Waals surface area contributed by atoms with Gasteiger partial charge in [-0.15, -0.1) is 0 Å². The molecule has 15 heavy (non-hydrogen) atoms. The minimum atomic E-state index is -3.50. The molecule has 0 aliphatic heterocycles. The molecular formula is C9H19NO4S.